The zero-order valence-corrected chi connectivity index (χ0v) is 7.94. The first-order valence-electron chi connectivity index (χ1n) is 3.71. The standard InChI is InChI=1S/C9H14NP/c1-11(2)9-6-4-3-5-8(9)7-10/h3-6H,7,10H2,1-2H3. The molecule has 11 heavy (non-hydrogen) atoms. The molecule has 1 nitrogen and oxygen atoms in total. The van der Waals surface area contributed by atoms with Gasteiger partial charge in [-0.1, -0.05) is 32.2 Å². The van der Waals surface area contributed by atoms with Crippen LogP contribution in [0.15, 0.2) is 24.3 Å². The summed E-state index contributed by atoms with van der Waals surface area (Å²) in [6.07, 6.45) is 0. The molecule has 1 aromatic rings. The quantitative estimate of drug-likeness (QED) is 0.664. The van der Waals surface area contributed by atoms with Crippen LogP contribution in [-0.2, 0) is 6.54 Å². The molecule has 0 spiro atoms. The van der Waals surface area contributed by atoms with Gasteiger partial charge in [0, 0.05) is 6.54 Å². The fourth-order valence-electron chi connectivity index (χ4n) is 1.12. The lowest BCUT2D eigenvalue weighted by molar-refractivity contribution is 1.08. The third-order valence-electron chi connectivity index (χ3n) is 1.69. The fraction of sp³-hybridized carbons (Fsp3) is 0.333. The Morgan fingerprint density at radius 3 is 2.36 bits per heavy atom. The molecule has 0 heterocycles. The molecule has 60 valence electrons. The molecule has 0 aromatic heterocycles. The molecule has 1 aromatic carbocycles. The first-order chi connectivity index (χ1) is 5.25. The van der Waals surface area contributed by atoms with Crippen LogP contribution in [0.25, 0.3) is 0 Å². The van der Waals surface area contributed by atoms with Crippen LogP contribution in [0.2, 0.25) is 0 Å². The van der Waals surface area contributed by atoms with E-state index < -0.39 is 0 Å². The Morgan fingerprint density at radius 1 is 1.27 bits per heavy atom. The molecular formula is C9H14NP. The first-order valence-corrected chi connectivity index (χ1v) is 5.94. The Balaban J connectivity index is 3.02. The summed E-state index contributed by atoms with van der Waals surface area (Å²) in [6.45, 7) is 5.17. The molecule has 0 fully saturated rings. The summed E-state index contributed by atoms with van der Waals surface area (Å²) in [5, 5.41) is 1.44. The van der Waals surface area contributed by atoms with Crippen LogP contribution in [-0.4, -0.2) is 13.3 Å². The van der Waals surface area contributed by atoms with Crippen molar-refractivity contribution < 1.29 is 0 Å². The van der Waals surface area contributed by atoms with Gasteiger partial charge < -0.3 is 5.73 Å². The van der Waals surface area contributed by atoms with Crippen molar-refractivity contribution in [3.63, 3.8) is 0 Å². The van der Waals surface area contributed by atoms with Gasteiger partial charge in [-0.3, -0.25) is 0 Å². The van der Waals surface area contributed by atoms with Gasteiger partial charge >= 0.3 is 0 Å². The second-order valence-electron chi connectivity index (χ2n) is 2.73. The van der Waals surface area contributed by atoms with E-state index in [9.17, 15) is 0 Å². The minimum absolute atomic E-state index is 0.00220. The highest BCUT2D eigenvalue weighted by Crippen LogP contribution is 2.24. The molecule has 0 amide bonds. The van der Waals surface area contributed by atoms with E-state index in [1.807, 2.05) is 6.07 Å². The Kier molecular flexibility index (Phi) is 3.04. The van der Waals surface area contributed by atoms with Gasteiger partial charge in [-0.25, -0.2) is 0 Å². The molecule has 0 aliphatic heterocycles. The van der Waals surface area contributed by atoms with Crippen molar-refractivity contribution in [2.24, 2.45) is 5.73 Å². The summed E-state index contributed by atoms with van der Waals surface area (Å²) in [5.74, 6) is 0. The minimum atomic E-state index is -0.00220. The van der Waals surface area contributed by atoms with Crippen LogP contribution in [0.1, 0.15) is 5.56 Å². The van der Waals surface area contributed by atoms with Crippen LogP contribution in [0, 0.1) is 0 Å². The zero-order chi connectivity index (χ0) is 8.27. The van der Waals surface area contributed by atoms with Crippen molar-refractivity contribution in [3.05, 3.63) is 29.8 Å². The zero-order valence-electron chi connectivity index (χ0n) is 7.04. The summed E-state index contributed by atoms with van der Waals surface area (Å²) >= 11 is 0. The van der Waals surface area contributed by atoms with Gasteiger partial charge in [0.15, 0.2) is 0 Å². The van der Waals surface area contributed by atoms with E-state index in [4.69, 9.17) is 5.73 Å². The Bertz CT molecular complexity index is 233. The summed E-state index contributed by atoms with van der Waals surface area (Å²) in [5.41, 5.74) is 6.89. The van der Waals surface area contributed by atoms with Crippen molar-refractivity contribution in [3.8, 4) is 0 Å². The van der Waals surface area contributed by atoms with Crippen molar-refractivity contribution in [2.45, 2.75) is 6.54 Å². The van der Waals surface area contributed by atoms with Crippen molar-refractivity contribution >= 4 is 13.2 Å². The fourth-order valence-corrected chi connectivity index (χ4v) is 2.24. The molecular weight excluding hydrogens is 153 g/mol. The van der Waals surface area contributed by atoms with E-state index in [-0.39, 0.29) is 7.92 Å². The maximum absolute atomic E-state index is 5.60. The first kappa shape index (κ1) is 8.70. The lowest BCUT2D eigenvalue weighted by atomic mass is 10.2. The largest absolute Gasteiger partial charge is 0.326 e. The number of nitrogens with two attached hydrogens (primary N) is 1. The van der Waals surface area contributed by atoms with E-state index >= 15 is 0 Å². The highest BCUT2D eigenvalue weighted by molar-refractivity contribution is 7.64. The van der Waals surface area contributed by atoms with Crippen molar-refractivity contribution in [1.29, 1.82) is 0 Å². The average molecular weight is 167 g/mol. The summed E-state index contributed by atoms with van der Waals surface area (Å²) in [6, 6.07) is 8.41. The smallest absolute Gasteiger partial charge is 0.0184 e. The van der Waals surface area contributed by atoms with E-state index in [0.29, 0.717) is 6.54 Å². The summed E-state index contributed by atoms with van der Waals surface area (Å²) in [4.78, 5) is 0. The topological polar surface area (TPSA) is 26.0 Å². The molecule has 1 rings (SSSR count). The lowest BCUT2D eigenvalue weighted by Gasteiger charge is -2.10. The molecule has 0 aliphatic rings. The summed E-state index contributed by atoms with van der Waals surface area (Å²) in [7, 11) is -0.00220. The van der Waals surface area contributed by atoms with Gasteiger partial charge in [0.25, 0.3) is 0 Å². The molecule has 0 aliphatic carbocycles. The number of hydrogen-bond donors (Lipinski definition) is 1. The number of rotatable bonds is 2. The normalized spacial score (nSPS) is 10.5. The molecule has 0 saturated carbocycles. The van der Waals surface area contributed by atoms with E-state index in [2.05, 4.69) is 31.5 Å². The third kappa shape index (κ3) is 2.02. The van der Waals surface area contributed by atoms with E-state index in [0.717, 1.165) is 0 Å². The van der Waals surface area contributed by atoms with Crippen LogP contribution >= 0.6 is 7.92 Å². The van der Waals surface area contributed by atoms with Crippen LogP contribution < -0.4 is 11.0 Å². The Hall–Kier alpha value is -0.390. The highest BCUT2D eigenvalue weighted by atomic mass is 31.1. The average Bonchev–Trinajstić information content (AvgIpc) is 2.04. The SMILES string of the molecule is CP(C)c1ccccc1CN. The molecule has 0 atom stereocenters. The minimum Gasteiger partial charge on any atom is -0.326 e. The lowest BCUT2D eigenvalue weighted by Crippen LogP contribution is -2.11. The predicted octanol–water partition coefficient (Wildman–Crippen LogP) is 1.51. The van der Waals surface area contributed by atoms with Gasteiger partial charge in [0.1, 0.15) is 0 Å². The maximum atomic E-state index is 5.60. The van der Waals surface area contributed by atoms with Gasteiger partial charge in [-0.05, 0) is 24.2 Å². The van der Waals surface area contributed by atoms with Crippen molar-refractivity contribution in [1.82, 2.24) is 0 Å². The molecule has 0 radical (unpaired) electrons. The number of benzene rings is 1. The molecule has 2 N–H and O–H groups in total. The number of hydrogen-bond acceptors (Lipinski definition) is 1. The molecule has 0 saturated heterocycles. The highest BCUT2D eigenvalue weighted by Gasteiger charge is 2.01. The van der Waals surface area contributed by atoms with Gasteiger partial charge in [0.2, 0.25) is 0 Å². The van der Waals surface area contributed by atoms with Gasteiger partial charge in [0.05, 0.1) is 0 Å². The molecule has 0 unspecified atom stereocenters. The Labute approximate surface area is 69.4 Å². The second-order valence-corrected chi connectivity index (χ2v) is 5.00. The van der Waals surface area contributed by atoms with Gasteiger partial charge in [-0.15, -0.1) is 0 Å². The second kappa shape index (κ2) is 3.85. The Morgan fingerprint density at radius 2 is 1.91 bits per heavy atom. The van der Waals surface area contributed by atoms with Crippen LogP contribution in [0.3, 0.4) is 0 Å². The van der Waals surface area contributed by atoms with Crippen molar-refractivity contribution in [2.75, 3.05) is 13.3 Å². The molecule has 0 bridgehead atoms. The summed E-state index contributed by atoms with van der Waals surface area (Å²) < 4.78 is 0. The van der Waals surface area contributed by atoms with Crippen LogP contribution in [0.4, 0.5) is 0 Å². The van der Waals surface area contributed by atoms with E-state index in [1.165, 1.54) is 10.9 Å². The maximum Gasteiger partial charge on any atom is 0.0184 e. The monoisotopic (exact) mass is 167 g/mol. The predicted molar refractivity (Wildman–Crippen MR) is 52.7 cm³/mol. The van der Waals surface area contributed by atoms with E-state index in [1.54, 1.807) is 0 Å². The third-order valence-corrected chi connectivity index (χ3v) is 3.09. The van der Waals surface area contributed by atoms with Gasteiger partial charge in [-0.2, -0.15) is 0 Å². The molecule has 2 heteroatoms. The van der Waals surface area contributed by atoms with Crippen LogP contribution in [0.5, 0.6) is 0 Å².